The predicted octanol–water partition coefficient (Wildman–Crippen LogP) is 3.80. The second kappa shape index (κ2) is 8.46. The van der Waals surface area contributed by atoms with Crippen LogP contribution in [0.15, 0.2) is 73.1 Å². The van der Waals surface area contributed by atoms with Crippen LogP contribution in [0.1, 0.15) is 55.5 Å². The second-order valence-corrected chi connectivity index (χ2v) is 8.41. The SMILES string of the molecule is O=C(c1ccc2c(c1)C(=O)N(CCc1ccccc1)C2=O)N1CCC(n2cccc2)CC1. The Balaban J connectivity index is 1.26. The molecule has 0 atom stereocenters. The highest BCUT2D eigenvalue weighted by molar-refractivity contribution is 6.22. The van der Waals surface area contributed by atoms with Gasteiger partial charge < -0.3 is 9.47 Å². The summed E-state index contributed by atoms with van der Waals surface area (Å²) in [6, 6.07) is 19.1. The molecule has 1 aromatic heterocycles. The van der Waals surface area contributed by atoms with Gasteiger partial charge in [0.15, 0.2) is 0 Å². The zero-order chi connectivity index (χ0) is 22.1. The van der Waals surface area contributed by atoms with Gasteiger partial charge in [-0.3, -0.25) is 19.3 Å². The summed E-state index contributed by atoms with van der Waals surface area (Å²) in [6.45, 7) is 1.68. The van der Waals surface area contributed by atoms with E-state index in [4.69, 9.17) is 0 Å². The molecule has 2 aliphatic rings. The maximum absolute atomic E-state index is 13.1. The summed E-state index contributed by atoms with van der Waals surface area (Å²) < 4.78 is 2.20. The van der Waals surface area contributed by atoms with E-state index in [9.17, 15) is 14.4 Å². The number of imide groups is 1. The number of aromatic nitrogens is 1. The largest absolute Gasteiger partial charge is 0.351 e. The van der Waals surface area contributed by atoms with E-state index < -0.39 is 0 Å². The highest BCUT2D eigenvalue weighted by Gasteiger charge is 2.36. The number of piperidine rings is 1. The Hall–Kier alpha value is -3.67. The molecule has 3 amide bonds. The minimum Gasteiger partial charge on any atom is -0.351 e. The molecule has 0 saturated carbocycles. The number of benzene rings is 2. The Morgan fingerprint density at radius 1 is 0.844 bits per heavy atom. The van der Waals surface area contributed by atoms with Gasteiger partial charge in [-0.2, -0.15) is 0 Å². The molecular weight excluding hydrogens is 402 g/mol. The van der Waals surface area contributed by atoms with Crippen LogP contribution in [-0.2, 0) is 6.42 Å². The van der Waals surface area contributed by atoms with Crippen LogP contribution >= 0.6 is 0 Å². The molecule has 0 aliphatic carbocycles. The Kier molecular flexibility index (Phi) is 5.35. The molecule has 0 radical (unpaired) electrons. The molecule has 1 fully saturated rings. The fraction of sp³-hybridized carbons (Fsp3) is 0.269. The topological polar surface area (TPSA) is 62.6 Å². The Bertz CT molecular complexity index is 1150. The predicted molar refractivity (Wildman–Crippen MR) is 121 cm³/mol. The van der Waals surface area contributed by atoms with Crippen molar-refractivity contribution in [1.82, 2.24) is 14.4 Å². The summed E-state index contributed by atoms with van der Waals surface area (Å²) in [4.78, 5) is 41.9. The molecule has 2 aliphatic heterocycles. The normalized spacial score (nSPS) is 16.5. The molecule has 0 spiro atoms. The zero-order valence-corrected chi connectivity index (χ0v) is 17.8. The lowest BCUT2D eigenvalue weighted by Crippen LogP contribution is -2.39. The molecule has 32 heavy (non-hydrogen) atoms. The van der Waals surface area contributed by atoms with Gasteiger partial charge >= 0.3 is 0 Å². The molecule has 3 heterocycles. The number of hydrogen-bond donors (Lipinski definition) is 0. The highest BCUT2D eigenvalue weighted by atomic mass is 16.2. The van der Waals surface area contributed by atoms with Crippen molar-refractivity contribution >= 4 is 17.7 Å². The lowest BCUT2D eigenvalue weighted by molar-refractivity contribution is 0.0655. The number of carbonyl (C=O) groups is 3. The highest BCUT2D eigenvalue weighted by Crippen LogP contribution is 2.27. The van der Waals surface area contributed by atoms with Gasteiger partial charge in [-0.15, -0.1) is 0 Å². The number of rotatable bonds is 5. The summed E-state index contributed by atoms with van der Waals surface area (Å²) in [6.07, 6.45) is 6.53. The third-order valence-corrected chi connectivity index (χ3v) is 6.49. The third kappa shape index (κ3) is 3.73. The number of nitrogens with zero attached hydrogens (tertiary/aromatic N) is 3. The van der Waals surface area contributed by atoms with Crippen LogP contribution in [0.3, 0.4) is 0 Å². The minimum atomic E-state index is -0.318. The van der Waals surface area contributed by atoms with Gasteiger partial charge in [0.2, 0.25) is 0 Å². The van der Waals surface area contributed by atoms with Crippen LogP contribution in [0.4, 0.5) is 0 Å². The van der Waals surface area contributed by atoms with Crippen molar-refractivity contribution in [2.75, 3.05) is 19.6 Å². The van der Waals surface area contributed by atoms with E-state index >= 15 is 0 Å². The summed E-state index contributed by atoms with van der Waals surface area (Å²) in [5.41, 5.74) is 2.25. The maximum Gasteiger partial charge on any atom is 0.261 e. The monoisotopic (exact) mass is 427 g/mol. The van der Waals surface area contributed by atoms with Crippen molar-refractivity contribution in [3.05, 3.63) is 95.3 Å². The fourth-order valence-electron chi connectivity index (χ4n) is 4.65. The molecule has 6 nitrogen and oxygen atoms in total. The molecule has 3 aromatic rings. The number of carbonyl (C=O) groups excluding carboxylic acids is 3. The van der Waals surface area contributed by atoms with E-state index in [1.165, 1.54) is 4.90 Å². The molecule has 6 heteroatoms. The molecule has 0 N–H and O–H groups in total. The van der Waals surface area contributed by atoms with Crippen molar-refractivity contribution in [3.63, 3.8) is 0 Å². The van der Waals surface area contributed by atoms with E-state index in [1.807, 2.05) is 47.4 Å². The Morgan fingerprint density at radius 3 is 2.25 bits per heavy atom. The van der Waals surface area contributed by atoms with Gasteiger partial charge in [0, 0.05) is 43.6 Å². The molecule has 1 saturated heterocycles. The zero-order valence-electron chi connectivity index (χ0n) is 17.8. The molecular formula is C26H25N3O3. The van der Waals surface area contributed by atoms with Crippen molar-refractivity contribution in [3.8, 4) is 0 Å². The van der Waals surface area contributed by atoms with Crippen LogP contribution in [0, 0.1) is 0 Å². The average molecular weight is 428 g/mol. The number of likely N-dealkylation sites (tertiary alicyclic amines) is 1. The van der Waals surface area contributed by atoms with Crippen molar-refractivity contribution in [2.45, 2.75) is 25.3 Å². The van der Waals surface area contributed by atoms with Crippen molar-refractivity contribution < 1.29 is 14.4 Å². The first-order chi connectivity index (χ1) is 15.6. The number of hydrogen-bond acceptors (Lipinski definition) is 3. The van der Waals surface area contributed by atoms with Gasteiger partial charge in [-0.25, -0.2) is 0 Å². The first-order valence-corrected chi connectivity index (χ1v) is 11.1. The van der Waals surface area contributed by atoms with E-state index in [-0.39, 0.29) is 17.7 Å². The maximum atomic E-state index is 13.1. The first kappa shape index (κ1) is 20.2. The quantitative estimate of drug-likeness (QED) is 0.582. The summed E-state index contributed by atoms with van der Waals surface area (Å²) >= 11 is 0. The van der Waals surface area contributed by atoms with Gasteiger partial charge in [0.25, 0.3) is 17.7 Å². The van der Waals surface area contributed by atoms with E-state index in [2.05, 4.69) is 17.0 Å². The lowest BCUT2D eigenvalue weighted by Gasteiger charge is -2.33. The van der Waals surface area contributed by atoms with Gasteiger partial charge in [0.05, 0.1) is 11.1 Å². The van der Waals surface area contributed by atoms with Gasteiger partial charge in [0.1, 0.15) is 0 Å². The van der Waals surface area contributed by atoms with Crippen molar-refractivity contribution in [2.24, 2.45) is 0 Å². The molecule has 0 unspecified atom stereocenters. The molecule has 0 bridgehead atoms. The van der Waals surface area contributed by atoms with E-state index in [0.717, 1.165) is 18.4 Å². The molecule has 162 valence electrons. The summed E-state index contributed by atoms with van der Waals surface area (Å²) in [7, 11) is 0. The molecule has 5 rings (SSSR count). The van der Waals surface area contributed by atoms with Crippen LogP contribution in [0.25, 0.3) is 0 Å². The van der Waals surface area contributed by atoms with Crippen LogP contribution in [0.2, 0.25) is 0 Å². The van der Waals surface area contributed by atoms with Gasteiger partial charge in [-0.05, 0) is 55.2 Å². The average Bonchev–Trinajstić information content (AvgIpc) is 3.46. The van der Waals surface area contributed by atoms with Crippen molar-refractivity contribution in [1.29, 1.82) is 0 Å². The molecule has 2 aromatic carbocycles. The summed E-state index contributed by atoms with van der Waals surface area (Å²) in [5.74, 6) is -0.684. The lowest BCUT2D eigenvalue weighted by atomic mass is 10.0. The second-order valence-electron chi connectivity index (χ2n) is 8.41. The van der Waals surface area contributed by atoms with E-state index in [0.29, 0.717) is 48.8 Å². The Morgan fingerprint density at radius 2 is 1.53 bits per heavy atom. The summed E-state index contributed by atoms with van der Waals surface area (Å²) in [5, 5.41) is 0. The van der Waals surface area contributed by atoms with Crippen LogP contribution in [-0.4, -0.2) is 51.7 Å². The fourth-order valence-corrected chi connectivity index (χ4v) is 4.65. The van der Waals surface area contributed by atoms with Crippen LogP contribution < -0.4 is 0 Å². The number of fused-ring (bicyclic) bond motifs is 1. The van der Waals surface area contributed by atoms with Crippen LogP contribution in [0.5, 0.6) is 0 Å². The minimum absolute atomic E-state index is 0.0817. The first-order valence-electron chi connectivity index (χ1n) is 11.1. The standard InChI is InChI=1S/C26H25N3O3/c30-24(28-15-11-21(12-16-28)27-13-4-5-14-27)20-8-9-22-23(18-20)26(32)29(25(22)31)17-10-19-6-2-1-3-7-19/h1-9,13-14,18,21H,10-12,15-17H2. The third-order valence-electron chi connectivity index (χ3n) is 6.49. The van der Waals surface area contributed by atoms with Gasteiger partial charge in [-0.1, -0.05) is 30.3 Å². The smallest absolute Gasteiger partial charge is 0.261 e. The Labute approximate surface area is 187 Å². The van der Waals surface area contributed by atoms with E-state index in [1.54, 1.807) is 18.2 Å². The number of amides is 3.